The van der Waals surface area contributed by atoms with Crippen molar-refractivity contribution in [2.24, 2.45) is 0 Å². The highest BCUT2D eigenvalue weighted by atomic mass is 35.5. The maximum atomic E-state index is 11.7. The zero-order valence-corrected chi connectivity index (χ0v) is 13.3. The molecule has 0 saturated carbocycles. The number of nitrogens with zero attached hydrogens (tertiary/aromatic N) is 1. The molecule has 0 radical (unpaired) electrons. The van der Waals surface area contributed by atoms with Crippen molar-refractivity contribution in [1.82, 2.24) is 5.16 Å². The smallest absolute Gasteiger partial charge is 0.334 e. The summed E-state index contributed by atoms with van der Waals surface area (Å²) in [6.45, 7) is 5.63. The fourth-order valence-electron chi connectivity index (χ4n) is 2.49. The molecule has 0 bridgehead atoms. The molecular formula is C16H13Cl2NO3. The van der Waals surface area contributed by atoms with Crippen molar-refractivity contribution in [3.05, 3.63) is 52.2 Å². The van der Waals surface area contributed by atoms with Crippen molar-refractivity contribution in [2.75, 3.05) is 0 Å². The fraction of sp³-hybridized carbons (Fsp3) is 0.250. The van der Waals surface area contributed by atoms with Crippen LogP contribution in [0.2, 0.25) is 10.0 Å². The van der Waals surface area contributed by atoms with Crippen LogP contribution in [0.1, 0.15) is 25.0 Å². The quantitative estimate of drug-likeness (QED) is 0.592. The topological polar surface area (TPSA) is 52.3 Å². The van der Waals surface area contributed by atoms with Crippen molar-refractivity contribution in [1.29, 1.82) is 0 Å². The average molecular weight is 338 g/mol. The lowest BCUT2D eigenvalue weighted by atomic mass is 9.89. The van der Waals surface area contributed by atoms with Gasteiger partial charge in [-0.1, -0.05) is 34.9 Å². The third-order valence-electron chi connectivity index (χ3n) is 3.64. The van der Waals surface area contributed by atoms with Crippen LogP contribution < -0.4 is 0 Å². The summed E-state index contributed by atoms with van der Waals surface area (Å²) in [7, 11) is 0. The van der Waals surface area contributed by atoms with Gasteiger partial charge in [0, 0.05) is 22.2 Å². The molecule has 0 N–H and O–H groups in total. The summed E-state index contributed by atoms with van der Waals surface area (Å²) >= 11 is 12.1. The Morgan fingerprint density at radius 2 is 2.09 bits per heavy atom. The molecule has 0 spiro atoms. The highest BCUT2D eigenvalue weighted by Gasteiger charge is 2.33. The molecule has 0 aliphatic carbocycles. The van der Waals surface area contributed by atoms with Crippen LogP contribution in [0.3, 0.4) is 0 Å². The van der Waals surface area contributed by atoms with Crippen LogP contribution in [0.25, 0.3) is 11.3 Å². The van der Waals surface area contributed by atoms with Crippen molar-refractivity contribution in [3.8, 4) is 11.3 Å². The third kappa shape index (κ3) is 2.76. The van der Waals surface area contributed by atoms with Crippen LogP contribution in [-0.2, 0) is 9.53 Å². The molecule has 4 nitrogen and oxygen atoms in total. The number of aromatic nitrogens is 1. The number of carbonyl (C=O) groups is 1. The van der Waals surface area contributed by atoms with Gasteiger partial charge in [-0.15, -0.1) is 0 Å². The van der Waals surface area contributed by atoms with Gasteiger partial charge in [0.1, 0.15) is 17.6 Å². The van der Waals surface area contributed by atoms with Gasteiger partial charge in [0.25, 0.3) is 0 Å². The molecule has 22 heavy (non-hydrogen) atoms. The van der Waals surface area contributed by atoms with Crippen LogP contribution in [0, 0.1) is 0 Å². The van der Waals surface area contributed by atoms with Crippen molar-refractivity contribution in [3.63, 3.8) is 0 Å². The fourth-order valence-corrected chi connectivity index (χ4v) is 2.99. The lowest BCUT2D eigenvalue weighted by Gasteiger charge is -2.26. The van der Waals surface area contributed by atoms with Gasteiger partial charge in [-0.2, -0.15) is 0 Å². The molecule has 1 aromatic carbocycles. The number of carbonyl (C=O) groups excluding carboxylic acids is 1. The summed E-state index contributed by atoms with van der Waals surface area (Å²) in [5.41, 5.74) is 1.69. The minimum atomic E-state index is -0.397. The van der Waals surface area contributed by atoms with Crippen molar-refractivity contribution in [2.45, 2.75) is 25.4 Å². The second-order valence-corrected chi connectivity index (χ2v) is 6.11. The summed E-state index contributed by atoms with van der Waals surface area (Å²) < 4.78 is 10.5. The largest absolute Gasteiger partial charge is 0.459 e. The predicted molar refractivity (Wildman–Crippen MR) is 84.0 cm³/mol. The first-order chi connectivity index (χ1) is 10.5. The highest BCUT2D eigenvalue weighted by Crippen LogP contribution is 2.37. The van der Waals surface area contributed by atoms with E-state index in [1.165, 1.54) is 0 Å². The van der Waals surface area contributed by atoms with Gasteiger partial charge in [0.15, 0.2) is 0 Å². The molecule has 1 aromatic heterocycles. The molecular weight excluding hydrogens is 325 g/mol. The SMILES string of the molecule is C=C1C(=O)OC(C)CC1c1cc(-c2ccc(Cl)cc2Cl)no1. The van der Waals surface area contributed by atoms with E-state index in [1.807, 2.05) is 6.92 Å². The first kappa shape index (κ1) is 15.1. The molecule has 3 rings (SSSR count). The summed E-state index contributed by atoms with van der Waals surface area (Å²) in [4.78, 5) is 11.7. The lowest BCUT2D eigenvalue weighted by molar-refractivity contribution is -0.147. The van der Waals surface area contributed by atoms with Gasteiger partial charge >= 0.3 is 5.97 Å². The maximum absolute atomic E-state index is 11.7. The molecule has 2 atom stereocenters. The van der Waals surface area contributed by atoms with E-state index in [0.29, 0.717) is 33.5 Å². The van der Waals surface area contributed by atoms with Gasteiger partial charge in [-0.25, -0.2) is 4.79 Å². The van der Waals surface area contributed by atoms with Crippen LogP contribution in [0.15, 0.2) is 40.9 Å². The standard InChI is InChI=1S/C16H13Cl2NO3/c1-8-5-12(9(2)16(20)21-8)15-7-14(19-22-15)11-4-3-10(17)6-13(11)18/h3-4,6-8,12H,2,5H2,1H3. The number of ether oxygens (including phenoxy) is 1. The Balaban J connectivity index is 1.93. The molecule has 114 valence electrons. The van der Waals surface area contributed by atoms with Gasteiger partial charge < -0.3 is 9.26 Å². The summed E-state index contributed by atoms with van der Waals surface area (Å²) in [6, 6.07) is 6.93. The van der Waals surface area contributed by atoms with Gasteiger partial charge in [-0.3, -0.25) is 0 Å². The summed E-state index contributed by atoms with van der Waals surface area (Å²) in [5.74, 6) is -0.0516. The monoisotopic (exact) mass is 337 g/mol. The first-order valence-electron chi connectivity index (χ1n) is 6.77. The number of esters is 1. The molecule has 0 amide bonds. The van der Waals surface area contributed by atoms with Crippen LogP contribution in [0.4, 0.5) is 0 Å². The Bertz CT molecular complexity index is 754. The zero-order valence-electron chi connectivity index (χ0n) is 11.8. The lowest BCUT2D eigenvalue weighted by Crippen LogP contribution is -2.28. The average Bonchev–Trinajstić information content (AvgIpc) is 2.92. The summed E-state index contributed by atoms with van der Waals surface area (Å²) in [5, 5.41) is 5.08. The van der Waals surface area contributed by atoms with E-state index >= 15 is 0 Å². The normalized spacial score (nSPS) is 21.8. The Morgan fingerprint density at radius 3 is 2.82 bits per heavy atom. The van der Waals surface area contributed by atoms with E-state index in [9.17, 15) is 4.79 Å². The van der Waals surface area contributed by atoms with E-state index in [-0.39, 0.29) is 12.0 Å². The predicted octanol–water partition coefficient (Wildman–Crippen LogP) is 4.62. The van der Waals surface area contributed by atoms with Gasteiger partial charge in [0.2, 0.25) is 0 Å². The first-order valence-corrected chi connectivity index (χ1v) is 7.53. The zero-order chi connectivity index (χ0) is 15.9. The van der Waals surface area contributed by atoms with Crippen molar-refractivity contribution >= 4 is 29.2 Å². The molecule has 2 unspecified atom stereocenters. The molecule has 2 heterocycles. The van der Waals surface area contributed by atoms with E-state index in [2.05, 4.69) is 11.7 Å². The number of hydrogen-bond donors (Lipinski definition) is 0. The Labute approximate surface area is 137 Å². The number of rotatable bonds is 2. The van der Waals surface area contributed by atoms with E-state index in [1.54, 1.807) is 24.3 Å². The second-order valence-electron chi connectivity index (χ2n) is 5.27. The minimum absolute atomic E-state index is 0.185. The molecule has 6 heteroatoms. The van der Waals surface area contributed by atoms with E-state index in [4.69, 9.17) is 32.5 Å². The highest BCUT2D eigenvalue weighted by molar-refractivity contribution is 6.36. The second kappa shape index (κ2) is 5.78. The Kier molecular flexibility index (Phi) is 3.98. The molecule has 1 aliphatic heterocycles. The maximum Gasteiger partial charge on any atom is 0.334 e. The number of cyclic esters (lactones) is 1. The minimum Gasteiger partial charge on any atom is -0.459 e. The van der Waals surface area contributed by atoms with Crippen LogP contribution in [0.5, 0.6) is 0 Å². The molecule has 2 aromatic rings. The van der Waals surface area contributed by atoms with Crippen LogP contribution >= 0.6 is 23.2 Å². The number of benzene rings is 1. The Hall–Kier alpha value is -1.78. The number of halogens is 2. The van der Waals surface area contributed by atoms with E-state index < -0.39 is 5.97 Å². The van der Waals surface area contributed by atoms with Gasteiger partial charge in [0.05, 0.1) is 10.9 Å². The van der Waals surface area contributed by atoms with Crippen LogP contribution in [-0.4, -0.2) is 17.2 Å². The van der Waals surface area contributed by atoms with Crippen molar-refractivity contribution < 1.29 is 14.1 Å². The number of hydrogen-bond acceptors (Lipinski definition) is 4. The molecule has 1 aliphatic rings. The van der Waals surface area contributed by atoms with E-state index in [0.717, 1.165) is 5.56 Å². The molecule has 1 saturated heterocycles. The molecule has 1 fully saturated rings. The Morgan fingerprint density at radius 1 is 1.32 bits per heavy atom. The third-order valence-corrected chi connectivity index (χ3v) is 4.19. The van der Waals surface area contributed by atoms with Gasteiger partial charge in [-0.05, 0) is 31.5 Å². The summed E-state index contributed by atoms with van der Waals surface area (Å²) in [6.07, 6.45) is 0.434.